The van der Waals surface area contributed by atoms with Gasteiger partial charge in [-0.15, -0.1) is 15.0 Å². The van der Waals surface area contributed by atoms with Crippen molar-refractivity contribution >= 4 is 0 Å². The van der Waals surface area contributed by atoms with Gasteiger partial charge in [0, 0.05) is 0 Å². The highest BCUT2D eigenvalue weighted by molar-refractivity contribution is 4.62. The van der Waals surface area contributed by atoms with Crippen LogP contribution in [0.1, 0.15) is 0 Å². The Labute approximate surface area is 42.6 Å². The van der Waals surface area contributed by atoms with Crippen molar-refractivity contribution in [1.82, 2.24) is 0 Å². The van der Waals surface area contributed by atoms with Crippen LogP contribution in [0, 0.1) is 22.9 Å². The molecule has 0 aromatic heterocycles. The molecule has 36 valence electrons. The quantitative estimate of drug-likeness (QED) is 0.315. The predicted octanol–water partition coefficient (Wildman–Crippen LogP) is 0.0250. The van der Waals surface area contributed by atoms with E-state index in [2.05, 4.69) is 0 Å². The van der Waals surface area contributed by atoms with Crippen LogP contribution in [0.15, 0.2) is 0 Å². The van der Waals surface area contributed by atoms with Gasteiger partial charge in [-0.25, -0.2) is 0 Å². The molecule has 0 amide bonds. The van der Waals surface area contributed by atoms with Crippen LogP contribution < -0.4 is 0 Å². The number of rotatable bonds is 0. The molecule has 0 spiro atoms. The molecule has 0 aromatic carbocycles. The van der Waals surface area contributed by atoms with Crippen LogP contribution in [-0.4, -0.2) is 18.6 Å². The first kappa shape index (κ1) is 5.94. The highest BCUT2D eigenvalue weighted by Gasteiger charge is 2.10. The van der Waals surface area contributed by atoms with E-state index >= 15 is 0 Å². The summed E-state index contributed by atoms with van der Waals surface area (Å²) in [5.74, 6) is 0. The second-order valence-corrected chi connectivity index (χ2v) is 1.65. The Morgan fingerprint density at radius 3 is 1.43 bits per heavy atom. The van der Waals surface area contributed by atoms with E-state index < -0.39 is 0 Å². The lowest BCUT2D eigenvalue weighted by molar-refractivity contribution is -0.753. The Balaban J connectivity index is 4.00. The minimum atomic E-state index is -0.250. The molecule has 0 aliphatic rings. The Bertz CT molecular complexity index is 118. The highest BCUT2D eigenvalue weighted by atomic mass is 15.3. The van der Waals surface area contributed by atoms with Crippen LogP contribution in [-0.2, 0) is 0 Å². The zero-order valence-electron chi connectivity index (χ0n) is 4.34. The molecule has 3 nitrogen and oxygen atoms in total. The van der Waals surface area contributed by atoms with Gasteiger partial charge in [-0.2, -0.15) is 0 Å². The molecule has 3 heteroatoms. The van der Waals surface area contributed by atoms with Crippen molar-refractivity contribution in [3.05, 3.63) is 0 Å². The van der Waals surface area contributed by atoms with Crippen molar-refractivity contribution in [2.45, 2.75) is 0 Å². The Morgan fingerprint density at radius 2 is 1.43 bits per heavy atom. The van der Waals surface area contributed by atoms with Crippen LogP contribution in [0.25, 0.3) is 0 Å². The summed E-state index contributed by atoms with van der Waals surface area (Å²) in [4.78, 5) is 0. The molecule has 0 aromatic rings. The van der Waals surface area contributed by atoms with Gasteiger partial charge in [0.2, 0.25) is 0 Å². The lowest BCUT2D eigenvalue weighted by Gasteiger charge is -2.01. The molecule has 0 heterocycles. The zero-order valence-corrected chi connectivity index (χ0v) is 4.34. The summed E-state index contributed by atoms with van der Waals surface area (Å²) < 4.78 is -0.250. The third-order valence-electron chi connectivity index (χ3n) is 0.500. The van der Waals surface area contributed by atoms with Crippen molar-refractivity contribution in [3.8, 4) is 12.4 Å². The molecule has 7 heavy (non-hydrogen) atoms. The van der Waals surface area contributed by atoms with Gasteiger partial charge in [0.1, 0.15) is 0 Å². The van der Waals surface area contributed by atoms with Gasteiger partial charge in [0.15, 0.2) is 0 Å². The smallest absolute Gasteiger partial charge is 0.131 e. The highest BCUT2D eigenvalue weighted by Crippen LogP contribution is 1.85. The average molecular weight is 96.1 g/mol. The van der Waals surface area contributed by atoms with Crippen molar-refractivity contribution in [1.29, 1.82) is 10.5 Å². The van der Waals surface area contributed by atoms with E-state index in [0.717, 1.165) is 0 Å². The zero-order chi connectivity index (χ0) is 5.91. The topological polar surface area (TPSA) is 47.6 Å². The number of nitriles is 2. The van der Waals surface area contributed by atoms with Gasteiger partial charge >= 0.3 is 12.4 Å². The molecule has 0 saturated heterocycles. The summed E-state index contributed by atoms with van der Waals surface area (Å²) in [6.45, 7) is 0. The first-order valence-corrected chi connectivity index (χ1v) is 1.79. The maximum absolute atomic E-state index is 8.09. The number of nitrogens with zero attached hydrogens (tertiary/aromatic N) is 3. The third-order valence-corrected chi connectivity index (χ3v) is 0.500. The summed E-state index contributed by atoms with van der Waals surface area (Å²) in [7, 11) is 3.03. The molecule has 0 radical (unpaired) electrons. The van der Waals surface area contributed by atoms with Crippen LogP contribution in [0.5, 0.6) is 0 Å². The van der Waals surface area contributed by atoms with E-state index in [-0.39, 0.29) is 4.48 Å². The molecule has 0 rings (SSSR count). The molecule has 0 aliphatic carbocycles. The van der Waals surface area contributed by atoms with Gasteiger partial charge in [0.05, 0.1) is 14.1 Å². The summed E-state index contributed by atoms with van der Waals surface area (Å²) in [5.41, 5.74) is 0. The molecule has 0 atom stereocenters. The normalized spacial score (nSPS) is 9.14. The molecular weight excluding hydrogens is 90.1 g/mol. The number of quaternary nitrogens is 1. The Morgan fingerprint density at radius 1 is 1.14 bits per heavy atom. The Kier molecular flexibility index (Phi) is 1.35. The molecule has 0 bridgehead atoms. The van der Waals surface area contributed by atoms with E-state index in [1.54, 1.807) is 12.4 Å². The van der Waals surface area contributed by atoms with Gasteiger partial charge in [-0.1, -0.05) is 0 Å². The Hall–Kier alpha value is -1.06. The minimum Gasteiger partial charge on any atom is -0.131 e. The second-order valence-electron chi connectivity index (χ2n) is 1.65. The fourth-order valence-electron chi connectivity index (χ4n) is 0.0224. The van der Waals surface area contributed by atoms with Crippen LogP contribution in [0.2, 0.25) is 0 Å². The van der Waals surface area contributed by atoms with E-state index in [0.29, 0.717) is 0 Å². The third kappa shape index (κ3) is 1.75. The fourth-order valence-corrected chi connectivity index (χ4v) is 0.0224. The fraction of sp³-hybridized carbons (Fsp3) is 0.500. The van der Waals surface area contributed by atoms with E-state index in [4.69, 9.17) is 10.5 Å². The van der Waals surface area contributed by atoms with Gasteiger partial charge in [-0.3, -0.25) is 0 Å². The first-order chi connectivity index (χ1) is 3.12. The van der Waals surface area contributed by atoms with Gasteiger partial charge in [-0.05, 0) is 0 Å². The van der Waals surface area contributed by atoms with Crippen molar-refractivity contribution < 1.29 is 4.48 Å². The van der Waals surface area contributed by atoms with Crippen LogP contribution in [0.4, 0.5) is 0 Å². The average Bonchev–Trinajstić information content (AvgIpc) is 1.68. The summed E-state index contributed by atoms with van der Waals surface area (Å²) in [6.07, 6.45) is 3.53. The lowest BCUT2D eigenvalue weighted by Crippen LogP contribution is -2.26. The van der Waals surface area contributed by atoms with E-state index in [1.807, 2.05) is 0 Å². The van der Waals surface area contributed by atoms with Crippen molar-refractivity contribution in [2.75, 3.05) is 14.1 Å². The molecule has 0 N–H and O–H groups in total. The monoisotopic (exact) mass is 96.1 g/mol. The largest absolute Gasteiger partial charge is 0.324 e. The lowest BCUT2D eigenvalue weighted by atomic mass is 10.7. The summed E-state index contributed by atoms with van der Waals surface area (Å²) >= 11 is 0. The van der Waals surface area contributed by atoms with Gasteiger partial charge in [0.25, 0.3) is 0 Å². The molecule has 0 saturated carbocycles. The van der Waals surface area contributed by atoms with Gasteiger partial charge < -0.3 is 0 Å². The van der Waals surface area contributed by atoms with Crippen molar-refractivity contribution in [2.24, 2.45) is 0 Å². The maximum Gasteiger partial charge on any atom is 0.324 e. The molecule has 0 aliphatic heterocycles. The molecular formula is C4H6N3+. The number of hydrogen-bond acceptors (Lipinski definition) is 2. The second kappa shape index (κ2) is 1.59. The summed E-state index contributed by atoms with van der Waals surface area (Å²) in [5, 5.41) is 16.2. The van der Waals surface area contributed by atoms with E-state index in [1.165, 1.54) is 14.1 Å². The molecule has 0 unspecified atom stereocenters. The van der Waals surface area contributed by atoms with E-state index in [9.17, 15) is 0 Å². The van der Waals surface area contributed by atoms with Crippen LogP contribution in [0.3, 0.4) is 0 Å². The SMILES string of the molecule is C[N+](C)(C#N)C#N. The van der Waals surface area contributed by atoms with Crippen LogP contribution >= 0.6 is 0 Å². The maximum atomic E-state index is 8.09. The minimum absolute atomic E-state index is 0.250. The standard InChI is InChI=1S/C4H6N3/c1-7(2,3-5)4-6/h1-2H3/q+1. The van der Waals surface area contributed by atoms with Crippen molar-refractivity contribution in [3.63, 3.8) is 0 Å². The number of hydrogen-bond donors (Lipinski definition) is 0. The molecule has 0 fully saturated rings. The summed E-state index contributed by atoms with van der Waals surface area (Å²) in [6, 6.07) is 0. The first-order valence-electron chi connectivity index (χ1n) is 1.79. The predicted molar refractivity (Wildman–Crippen MR) is 23.3 cm³/mol.